The summed E-state index contributed by atoms with van der Waals surface area (Å²) in [6, 6.07) is 12.2. The van der Waals surface area contributed by atoms with E-state index in [2.05, 4.69) is 6.07 Å². The molecule has 1 unspecified atom stereocenters. The van der Waals surface area contributed by atoms with Gasteiger partial charge in [-0.15, -0.1) is 0 Å². The van der Waals surface area contributed by atoms with E-state index in [1.165, 1.54) is 34.1 Å². The molecule has 0 aromatic heterocycles. The quantitative estimate of drug-likeness (QED) is 0.702. The van der Waals surface area contributed by atoms with E-state index in [0.29, 0.717) is 25.4 Å². The fourth-order valence-corrected chi connectivity index (χ4v) is 5.96. The highest BCUT2D eigenvalue weighted by Gasteiger charge is 2.34. The summed E-state index contributed by atoms with van der Waals surface area (Å²) in [4.78, 5) is 25.1. The van der Waals surface area contributed by atoms with Gasteiger partial charge in [-0.25, -0.2) is 8.42 Å². The van der Waals surface area contributed by atoms with Gasteiger partial charge in [0.1, 0.15) is 5.75 Å². The number of anilines is 1. The van der Waals surface area contributed by atoms with Crippen LogP contribution in [0.3, 0.4) is 0 Å². The molecule has 0 N–H and O–H groups in total. The average molecular weight is 426 g/mol. The molecule has 2 aromatic carbocycles. The van der Waals surface area contributed by atoms with Crippen molar-refractivity contribution in [3.05, 3.63) is 53.6 Å². The molecule has 3 heterocycles. The average Bonchev–Trinajstić information content (AvgIpc) is 3.48. The smallest absolute Gasteiger partial charge is 0.243 e. The van der Waals surface area contributed by atoms with Crippen molar-refractivity contribution in [1.82, 2.24) is 4.31 Å². The highest BCUT2D eigenvalue weighted by molar-refractivity contribution is 7.89. The second-order valence-corrected chi connectivity index (χ2v) is 9.87. The molecule has 5 rings (SSSR count). The number of sulfonamides is 1. The Hall–Kier alpha value is -2.71. The summed E-state index contributed by atoms with van der Waals surface area (Å²) in [6.07, 6.45) is 2.06. The summed E-state index contributed by atoms with van der Waals surface area (Å²) in [5.41, 5.74) is 2.76. The van der Waals surface area contributed by atoms with E-state index in [1.807, 2.05) is 12.1 Å². The van der Waals surface area contributed by atoms with E-state index < -0.39 is 10.0 Å². The largest absolute Gasteiger partial charge is 0.493 e. The van der Waals surface area contributed by atoms with Crippen molar-refractivity contribution in [1.29, 1.82) is 0 Å². The number of benzene rings is 2. The number of carbonyl (C=O) groups excluding carboxylic acids is 2. The molecule has 2 saturated heterocycles. The zero-order chi connectivity index (χ0) is 20.9. The predicted octanol–water partition coefficient (Wildman–Crippen LogP) is 2.45. The summed E-state index contributed by atoms with van der Waals surface area (Å²) in [5.74, 6) is 0.580. The van der Waals surface area contributed by atoms with Crippen LogP contribution in [0.25, 0.3) is 0 Å². The van der Waals surface area contributed by atoms with Gasteiger partial charge in [0.05, 0.1) is 17.2 Å². The van der Waals surface area contributed by atoms with Crippen LogP contribution in [0, 0.1) is 0 Å². The van der Waals surface area contributed by atoms with E-state index in [4.69, 9.17) is 4.74 Å². The number of amides is 2. The molecule has 2 fully saturated rings. The zero-order valence-electron chi connectivity index (χ0n) is 16.4. The van der Waals surface area contributed by atoms with Gasteiger partial charge >= 0.3 is 0 Å². The first-order chi connectivity index (χ1) is 14.4. The lowest BCUT2D eigenvalue weighted by molar-refractivity contribution is -0.121. The number of imide groups is 1. The molecule has 0 radical (unpaired) electrons. The van der Waals surface area contributed by atoms with Crippen LogP contribution in [-0.4, -0.2) is 44.2 Å². The molecule has 0 spiro atoms. The highest BCUT2D eigenvalue weighted by Crippen LogP contribution is 2.35. The Balaban J connectivity index is 1.33. The van der Waals surface area contributed by atoms with Gasteiger partial charge in [0.25, 0.3) is 0 Å². The first-order valence-electron chi connectivity index (χ1n) is 10.1. The van der Waals surface area contributed by atoms with Crippen LogP contribution >= 0.6 is 0 Å². The highest BCUT2D eigenvalue weighted by atomic mass is 32.2. The Morgan fingerprint density at radius 2 is 1.67 bits per heavy atom. The fraction of sp³-hybridized carbons (Fsp3) is 0.364. The fourth-order valence-electron chi connectivity index (χ4n) is 4.46. The molecule has 0 bridgehead atoms. The van der Waals surface area contributed by atoms with E-state index in [0.717, 1.165) is 29.1 Å². The third-order valence-electron chi connectivity index (χ3n) is 6.12. The van der Waals surface area contributed by atoms with Gasteiger partial charge in [0.15, 0.2) is 0 Å². The minimum absolute atomic E-state index is 0.157. The molecule has 3 aliphatic heterocycles. The third-order valence-corrected chi connectivity index (χ3v) is 8.00. The number of rotatable bonds is 4. The normalized spacial score (nSPS) is 21.9. The molecule has 0 aliphatic carbocycles. The molecule has 8 heteroatoms. The van der Waals surface area contributed by atoms with Gasteiger partial charge < -0.3 is 4.74 Å². The second kappa shape index (κ2) is 7.21. The lowest BCUT2D eigenvalue weighted by Gasteiger charge is -2.18. The van der Waals surface area contributed by atoms with Crippen molar-refractivity contribution in [2.24, 2.45) is 0 Å². The molecule has 30 heavy (non-hydrogen) atoms. The van der Waals surface area contributed by atoms with Crippen LogP contribution in [0.1, 0.15) is 36.3 Å². The summed E-state index contributed by atoms with van der Waals surface area (Å²) >= 11 is 0. The van der Waals surface area contributed by atoms with Gasteiger partial charge in [-0.1, -0.05) is 12.1 Å². The number of ether oxygens (including phenoxy) is 1. The molecule has 2 aromatic rings. The van der Waals surface area contributed by atoms with Crippen molar-refractivity contribution < 1.29 is 22.7 Å². The van der Waals surface area contributed by atoms with Gasteiger partial charge in [0.2, 0.25) is 21.8 Å². The molecule has 7 nitrogen and oxygen atoms in total. The van der Waals surface area contributed by atoms with Crippen LogP contribution in [-0.2, 0) is 26.0 Å². The van der Waals surface area contributed by atoms with Crippen molar-refractivity contribution in [3.8, 4) is 5.75 Å². The minimum atomic E-state index is -3.64. The monoisotopic (exact) mass is 426 g/mol. The Labute approximate surface area is 175 Å². The molecule has 156 valence electrons. The van der Waals surface area contributed by atoms with E-state index in [-0.39, 0.29) is 35.5 Å². The molecule has 0 saturated carbocycles. The summed E-state index contributed by atoms with van der Waals surface area (Å²) in [7, 11) is -3.64. The number of hydrogen-bond donors (Lipinski definition) is 0. The molecular weight excluding hydrogens is 404 g/mol. The standard InChI is InChI=1S/C22H22N2O5S/c25-21-7-8-22(26)24(21)18-2-4-19(5-3-18)30(27,28)23-11-9-17(14-23)15-1-6-20-16(13-15)10-12-29-20/h1-6,13,17H,7-12,14H2. The predicted molar refractivity (Wildman–Crippen MR) is 110 cm³/mol. The maximum absolute atomic E-state index is 13.1. The first kappa shape index (κ1) is 19.3. The number of fused-ring (bicyclic) bond motifs is 1. The van der Waals surface area contributed by atoms with Crippen LogP contribution < -0.4 is 9.64 Å². The molecule has 1 atom stereocenters. The van der Waals surface area contributed by atoms with Gasteiger partial charge in [-0.2, -0.15) is 4.31 Å². The first-order valence-corrected chi connectivity index (χ1v) is 11.6. The number of nitrogens with zero attached hydrogens (tertiary/aromatic N) is 2. The number of carbonyl (C=O) groups is 2. The summed E-state index contributed by atoms with van der Waals surface area (Å²) < 4.78 is 33.3. The van der Waals surface area contributed by atoms with Gasteiger partial charge in [-0.3, -0.25) is 14.5 Å². The summed E-state index contributed by atoms with van der Waals surface area (Å²) in [5, 5.41) is 0. The Morgan fingerprint density at radius 1 is 0.933 bits per heavy atom. The SMILES string of the molecule is O=C1CCC(=O)N1c1ccc(S(=O)(=O)N2CCC(c3ccc4c(c3)CCO4)C2)cc1. The Morgan fingerprint density at radius 3 is 2.40 bits per heavy atom. The number of hydrogen-bond acceptors (Lipinski definition) is 5. The minimum Gasteiger partial charge on any atom is -0.493 e. The van der Waals surface area contributed by atoms with Crippen molar-refractivity contribution >= 4 is 27.5 Å². The summed E-state index contributed by atoms with van der Waals surface area (Å²) in [6.45, 7) is 1.60. The van der Waals surface area contributed by atoms with Crippen LogP contribution in [0.15, 0.2) is 47.4 Å². The molecule has 3 aliphatic rings. The third kappa shape index (κ3) is 3.20. The van der Waals surface area contributed by atoms with Gasteiger partial charge in [-0.05, 0) is 53.8 Å². The lowest BCUT2D eigenvalue weighted by Crippen LogP contribution is -2.30. The maximum Gasteiger partial charge on any atom is 0.243 e. The maximum atomic E-state index is 13.1. The zero-order valence-corrected chi connectivity index (χ0v) is 17.2. The van der Waals surface area contributed by atoms with Gasteiger partial charge in [0, 0.05) is 32.4 Å². The van der Waals surface area contributed by atoms with Crippen LogP contribution in [0.2, 0.25) is 0 Å². The van der Waals surface area contributed by atoms with E-state index >= 15 is 0 Å². The van der Waals surface area contributed by atoms with Crippen molar-refractivity contribution in [2.45, 2.75) is 36.5 Å². The Bertz CT molecular complexity index is 1110. The van der Waals surface area contributed by atoms with Crippen molar-refractivity contribution in [3.63, 3.8) is 0 Å². The van der Waals surface area contributed by atoms with Crippen LogP contribution in [0.5, 0.6) is 5.75 Å². The molecular formula is C22H22N2O5S. The second-order valence-electron chi connectivity index (χ2n) is 7.93. The van der Waals surface area contributed by atoms with Crippen molar-refractivity contribution in [2.75, 3.05) is 24.6 Å². The van der Waals surface area contributed by atoms with E-state index in [1.54, 1.807) is 0 Å². The lowest BCUT2D eigenvalue weighted by atomic mass is 9.96. The Kier molecular flexibility index (Phi) is 4.63. The van der Waals surface area contributed by atoms with E-state index in [9.17, 15) is 18.0 Å². The molecule has 2 amide bonds. The van der Waals surface area contributed by atoms with Crippen LogP contribution in [0.4, 0.5) is 5.69 Å². The topological polar surface area (TPSA) is 84.0 Å².